The van der Waals surface area contributed by atoms with Gasteiger partial charge < -0.3 is 4.74 Å². The molecule has 18 heavy (non-hydrogen) atoms. The van der Waals surface area contributed by atoms with Crippen LogP contribution in [0.4, 0.5) is 0 Å². The minimum absolute atomic E-state index is 0.402. The normalized spacial score (nSPS) is 24.1. The van der Waals surface area contributed by atoms with Crippen molar-refractivity contribution in [3.05, 3.63) is 42.5 Å². The molecule has 2 aromatic rings. The van der Waals surface area contributed by atoms with E-state index in [1.807, 2.05) is 0 Å². The van der Waals surface area contributed by atoms with E-state index in [1.165, 1.54) is 36.5 Å². The summed E-state index contributed by atoms with van der Waals surface area (Å²) in [6.45, 7) is 2.33. The number of benzene rings is 2. The van der Waals surface area contributed by atoms with Crippen LogP contribution in [-0.2, 0) is 0 Å². The quantitative estimate of drug-likeness (QED) is 0.732. The van der Waals surface area contributed by atoms with Gasteiger partial charge in [0.1, 0.15) is 5.75 Å². The fourth-order valence-electron chi connectivity index (χ4n) is 2.96. The minimum Gasteiger partial charge on any atom is -0.490 e. The van der Waals surface area contributed by atoms with E-state index in [0.29, 0.717) is 6.10 Å². The van der Waals surface area contributed by atoms with Crippen molar-refractivity contribution in [1.82, 2.24) is 0 Å². The van der Waals surface area contributed by atoms with E-state index < -0.39 is 0 Å². The van der Waals surface area contributed by atoms with Crippen LogP contribution in [0.2, 0.25) is 0 Å². The van der Waals surface area contributed by atoms with Gasteiger partial charge in [0.2, 0.25) is 0 Å². The summed E-state index contributed by atoms with van der Waals surface area (Å²) in [5.74, 6) is 1.85. The van der Waals surface area contributed by atoms with Crippen LogP contribution in [0.25, 0.3) is 10.8 Å². The monoisotopic (exact) mass is 240 g/mol. The van der Waals surface area contributed by atoms with Gasteiger partial charge in [-0.25, -0.2) is 0 Å². The van der Waals surface area contributed by atoms with Gasteiger partial charge in [0, 0.05) is 5.39 Å². The molecule has 3 rings (SSSR count). The van der Waals surface area contributed by atoms with Crippen LogP contribution in [0, 0.1) is 5.92 Å². The first-order valence-electron chi connectivity index (χ1n) is 6.97. The molecule has 0 amide bonds. The summed E-state index contributed by atoms with van der Waals surface area (Å²) in [5, 5.41) is 2.50. The van der Waals surface area contributed by atoms with Gasteiger partial charge in [0.15, 0.2) is 0 Å². The number of hydrogen-bond acceptors (Lipinski definition) is 1. The number of hydrogen-bond donors (Lipinski definition) is 0. The van der Waals surface area contributed by atoms with Crippen LogP contribution in [0.3, 0.4) is 0 Å². The maximum Gasteiger partial charge on any atom is 0.127 e. The molecule has 0 saturated heterocycles. The predicted molar refractivity (Wildman–Crippen MR) is 76.0 cm³/mol. The third-order valence-electron chi connectivity index (χ3n) is 3.93. The van der Waals surface area contributed by atoms with Gasteiger partial charge in [0.05, 0.1) is 6.10 Å². The van der Waals surface area contributed by atoms with Gasteiger partial charge in [-0.05, 0) is 36.6 Å². The molecule has 2 unspecified atom stereocenters. The zero-order valence-corrected chi connectivity index (χ0v) is 10.9. The first-order chi connectivity index (χ1) is 8.83. The Bertz CT molecular complexity index is 527. The van der Waals surface area contributed by atoms with E-state index in [1.54, 1.807) is 0 Å². The van der Waals surface area contributed by atoms with Crippen molar-refractivity contribution in [3.8, 4) is 5.75 Å². The molecule has 1 saturated carbocycles. The summed E-state index contributed by atoms with van der Waals surface area (Å²) in [7, 11) is 0. The lowest BCUT2D eigenvalue weighted by Gasteiger charge is -2.27. The second-order valence-corrected chi connectivity index (χ2v) is 5.49. The van der Waals surface area contributed by atoms with Gasteiger partial charge in [0.25, 0.3) is 0 Å². The van der Waals surface area contributed by atoms with E-state index in [2.05, 4.69) is 49.4 Å². The molecule has 1 aliphatic carbocycles. The molecule has 0 radical (unpaired) electrons. The summed E-state index contributed by atoms with van der Waals surface area (Å²) in [4.78, 5) is 0. The Morgan fingerprint density at radius 1 is 1.00 bits per heavy atom. The zero-order chi connectivity index (χ0) is 12.4. The average molecular weight is 240 g/mol. The van der Waals surface area contributed by atoms with Gasteiger partial charge in [-0.15, -0.1) is 0 Å². The summed E-state index contributed by atoms with van der Waals surface area (Å²) in [5.41, 5.74) is 0. The second kappa shape index (κ2) is 5.01. The van der Waals surface area contributed by atoms with Crippen LogP contribution in [0.1, 0.15) is 32.6 Å². The van der Waals surface area contributed by atoms with Crippen LogP contribution >= 0.6 is 0 Å². The Labute approximate surface area is 109 Å². The Kier molecular flexibility index (Phi) is 3.22. The first kappa shape index (κ1) is 11.6. The lowest BCUT2D eigenvalue weighted by molar-refractivity contribution is 0.131. The molecule has 0 spiro atoms. The summed E-state index contributed by atoms with van der Waals surface area (Å²) < 4.78 is 6.24. The maximum absolute atomic E-state index is 6.24. The van der Waals surface area contributed by atoms with Gasteiger partial charge >= 0.3 is 0 Å². The molecule has 0 N–H and O–H groups in total. The van der Waals surface area contributed by atoms with Gasteiger partial charge in [-0.1, -0.05) is 49.7 Å². The number of ether oxygens (including phenoxy) is 1. The highest BCUT2D eigenvalue weighted by Crippen LogP contribution is 2.31. The molecule has 1 nitrogen and oxygen atoms in total. The zero-order valence-electron chi connectivity index (χ0n) is 10.9. The van der Waals surface area contributed by atoms with Crippen LogP contribution in [0.5, 0.6) is 5.75 Å². The van der Waals surface area contributed by atoms with Crippen molar-refractivity contribution in [2.45, 2.75) is 38.7 Å². The summed E-state index contributed by atoms with van der Waals surface area (Å²) in [6.07, 6.45) is 5.46. The lowest BCUT2D eigenvalue weighted by Crippen LogP contribution is -2.24. The van der Waals surface area contributed by atoms with E-state index in [-0.39, 0.29) is 0 Å². The predicted octanol–water partition coefficient (Wildman–Crippen LogP) is 4.80. The maximum atomic E-state index is 6.24. The van der Waals surface area contributed by atoms with Crippen molar-refractivity contribution in [2.24, 2.45) is 5.92 Å². The van der Waals surface area contributed by atoms with E-state index >= 15 is 0 Å². The van der Waals surface area contributed by atoms with E-state index in [9.17, 15) is 0 Å². The first-order valence-corrected chi connectivity index (χ1v) is 6.97. The molecular weight excluding hydrogens is 220 g/mol. The van der Waals surface area contributed by atoms with Crippen molar-refractivity contribution in [3.63, 3.8) is 0 Å². The third kappa shape index (κ3) is 2.35. The Balaban J connectivity index is 1.86. The van der Waals surface area contributed by atoms with Crippen molar-refractivity contribution in [2.75, 3.05) is 0 Å². The molecule has 1 aliphatic rings. The number of rotatable bonds is 2. The fraction of sp³-hybridized carbons (Fsp3) is 0.412. The summed E-state index contributed by atoms with van der Waals surface area (Å²) >= 11 is 0. The molecule has 2 aromatic carbocycles. The lowest BCUT2D eigenvalue weighted by atomic mass is 9.88. The third-order valence-corrected chi connectivity index (χ3v) is 3.93. The second-order valence-electron chi connectivity index (χ2n) is 5.49. The number of fused-ring (bicyclic) bond motifs is 1. The highest BCUT2D eigenvalue weighted by atomic mass is 16.5. The van der Waals surface area contributed by atoms with Crippen LogP contribution < -0.4 is 4.74 Å². The highest BCUT2D eigenvalue weighted by Gasteiger charge is 2.20. The van der Waals surface area contributed by atoms with Crippen LogP contribution in [0.15, 0.2) is 42.5 Å². The molecule has 0 aromatic heterocycles. The standard InChI is InChI=1S/C17H20O/c1-13-6-4-9-15(12-13)18-17-11-5-8-14-7-2-3-10-16(14)17/h2-3,5,7-8,10-11,13,15H,4,6,9,12H2,1H3. The smallest absolute Gasteiger partial charge is 0.127 e. The highest BCUT2D eigenvalue weighted by molar-refractivity contribution is 5.88. The SMILES string of the molecule is CC1CCCC(Oc2cccc3ccccc23)C1. The van der Waals surface area contributed by atoms with Crippen molar-refractivity contribution >= 4 is 10.8 Å². The van der Waals surface area contributed by atoms with Crippen molar-refractivity contribution in [1.29, 1.82) is 0 Å². The van der Waals surface area contributed by atoms with Gasteiger partial charge in [-0.3, -0.25) is 0 Å². The molecule has 0 heterocycles. The average Bonchev–Trinajstić information content (AvgIpc) is 2.39. The fourth-order valence-corrected chi connectivity index (χ4v) is 2.96. The minimum atomic E-state index is 0.402. The van der Waals surface area contributed by atoms with E-state index in [4.69, 9.17) is 4.74 Å². The molecule has 0 bridgehead atoms. The summed E-state index contributed by atoms with van der Waals surface area (Å²) in [6, 6.07) is 14.8. The Hall–Kier alpha value is -1.50. The molecule has 94 valence electrons. The molecule has 0 aliphatic heterocycles. The molecule has 1 fully saturated rings. The Morgan fingerprint density at radius 3 is 2.72 bits per heavy atom. The van der Waals surface area contributed by atoms with Gasteiger partial charge in [-0.2, -0.15) is 0 Å². The molecule has 2 atom stereocenters. The van der Waals surface area contributed by atoms with E-state index in [0.717, 1.165) is 11.7 Å². The van der Waals surface area contributed by atoms with Crippen molar-refractivity contribution < 1.29 is 4.74 Å². The topological polar surface area (TPSA) is 9.23 Å². The largest absolute Gasteiger partial charge is 0.490 e. The Morgan fingerprint density at radius 2 is 1.83 bits per heavy atom. The molecule has 1 heteroatoms. The molecular formula is C17H20O. The van der Waals surface area contributed by atoms with Crippen LogP contribution in [-0.4, -0.2) is 6.10 Å².